The molecule has 0 aromatic carbocycles. The number of piperidine rings is 1. The monoisotopic (exact) mass is 256 g/mol. The summed E-state index contributed by atoms with van der Waals surface area (Å²) in [6.45, 7) is 7.63. The maximum absolute atomic E-state index is 11.9. The summed E-state index contributed by atoms with van der Waals surface area (Å²) in [6, 6.07) is 0.00904. The van der Waals surface area contributed by atoms with Gasteiger partial charge in [-0.25, -0.2) is 0 Å². The fourth-order valence-corrected chi connectivity index (χ4v) is 2.16. The Morgan fingerprint density at radius 2 is 2.17 bits per heavy atom. The summed E-state index contributed by atoms with van der Waals surface area (Å²) in [5.74, 6) is 0.800. The van der Waals surface area contributed by atoms with E-state index in [-0.39, 0.29) is 11.9 Å². The molecule has 0 bridgehead atoms. The standard InChI is InChI=1S/C14H28N2O2/c1-3-4-9-18-10-5-7-16-14(17)13-11-12(2)6-8-15-13/h12-13,15H,3-11H2,1-2H3,(H,16,17). The Kier molecular flexibility index (Phi) is 8.01. The van der Waals surface area contributed by atoms with Crippen molar-refractivity contribution in [2.45, 2.75) is 52.0 Å². The number of rotatable bonds is 8. The smallest absolute Gasteiger partial charge is 0.237 e. The third-order valence-corrected chi connectivity index (χ3v) is 3.39. The lowest BCUT2D eigenvalue weighted by atomic mass is 9.94. The summed E-state index contributed by atoms with van der Waals surface area (Å²) in [4.78, 5) is 11.9. The number of unbranched alkanes of at least 4 members (excludes halogenated alkanes) is 1. The number of carbonyl (C=O) groups excluding carboxylic acids is 1. The van der Waals surface area contributed by atoms with Gasteiger partial charge in [-0.2, -0.15) is 0 Å². The predicted octanol–water partition coefficient (Wildman–Crippen LogP) is 1.70. The number of nitrogens with one attached hydrogen (secondary N) is 2. The molecule has 0 aromatic rings. The van der Waals surface area contributed by atoms with Gasteiger partial charge < -0.3 is 15.4 Å². The Labute approximate surface area is 111 Å². The summed E-state index contributed by atoms with van der Waals surface area (Å²) in [5, 5.41) is 6.26. The Balaban J connectivity index is 1.99. The molecule has 1 saturated heterocycles. The van der Waals surface area contributed by atoms with Crippen molar-refractivity contribution in [3.63, 3.8) is 0 Å². The molecule has 0 aliphatic carbocycles. The Hall–Kier alpha value is -0.610. The van der Waals surface area contributed by atoms with Crippen LogP contribution in [0.3, 0.4) is 0 Å². The van der Waals surface area contributed by atoms with Crippen molar-refractivity contribution in [1.29, 1.82) is 0 Å². The molecule has 2 unspecified atom stereocenters. The molecule has 1 aliphatic heterocycles. The molecule has 1 aliphatic rings. The van der Waals surface area contributed by atoms with Crippen LogP contribution in [0.5, 0.6) is 0 Å². The van der Waals surface area contributed by atoms with Gasteiger partial charge in [-0.05, 0) is 38.1 Å². The molecular formula is C14H28N2O2. The lowest BCUT2D eigenvalue weighted by Gasteiger charge is -2.27. The summed E-state index contributed by atoms with van der Waals surface area (Å²) in [5.41, 5.74) is 0. The predicted molar refractivity (Wildman–Crippen MR) is 73.5 cm³/mol. The van der Waals surface area contributed by atoms with E-state index in [2.05, 4.69) is 24.5 Å². The van der Waals surface area contributed by atoms with Crippen LogP contribution in [0.2, 0.25) is 0 Å². The lowest BCUT2D eigenvalue weighted by Crippen LogP contribution is -2.48. The molecule has 18 heavy (non-hydrogen) atoms. The topological polar surface area (TPSA) is 50.4 Å². The van der Waals surface area contributed by atoms with Crippen LogP contribution in [-0.2, 0) is 9.53 Å². The lowest BCUT2D eigenvalue weighted by molar-refractivity contribution is -0.124. The molecule has 0 radical (unpaired) electrons. The largest absolute Gasteiger partial charge is 0.381 e. The molecule has 1 rings (SSSR count). The summed E-state index contributed by atoms with van der Waals surface area (Å²) < 4.78 is 5.45. The normalized spacial score (nSPS) is 23.9. The molecular weight excluding hydrogens is 228 g/mol. The van der Waals surface area contributed by atoms with Crippen LogP contribution in [0.15, 0.2) is 0 Å². The van der Waals surface area contributed by atoms with Gasteiger partial charge in [-0.1, -0.05) is 20.3 Å². The van der Waals surface area contributed by atoms with Crippen molar-refractivity contribution in [2.75, 3.05) is 26.3 Å². The fraction of sp³-hybridized carbons (Fsp3) is 0.929. The Bertz CT molecular complexity index is 234. The van der Waals surface area contributed by atoms with Gasteiger partial charge in [-0.3, -0.25) is 4.79 Å². The Morgan fingerprint density at radius 3 is 2.89 bits per heavy atom. The second kappa shape index (κ2) is 9.34. The number of hydrogen-bond donors (Lipinski definition) is 2. The van der Waals surface area contributed by atoms with E-state index in [0.717, 1.165) is 45.6 Å². The van der Waals surface area contributed by atoms with Crippen molar-refractivity contribution in [3.8, 4) is 0 Å². The first-order valence-electron chi connectivity index (χ1n) is 7.33. The quantitative estimate of drug-likeness (QED) is 0.650. The number of hydrogen-bond acceptors (Lipinski definition) is 3. The number of amides is 1. The maximum Gasteiger partial charge on any atom is 0.237 e. The van der Waals surface area contributed by atoms with Gasteiger partial charge in [0.05, 0.1) is 6.04 Å². The number of ether oxygens (including phenoxy) is 1. The van der Waals surface area contributed by atoms with Gasteiger partial charge >= 0.3 is 0 Å². The highest BCUT2D eigenvalue weighted by Gasteiger charge is 2.23. The third-order valence-electron chi connectivity index (χ3n) is 3.39. The molecule has 1 heterocycles. The van der Waals surface area contributed by atoms with Crippen LogP contribution < -0.4 is 10.6 Å². The fourth-order valence-electron chi connectivity index (χ4n) is 2.16. The van der Waals surface area contributed by atoms with E-state index < -0.39 is 0 Å². The van der Waals surface area contributed by atoms with Gasteiger partial charge in [0.25, 0.3) is 0 Å². The number of carbonyl (C=O) groups is 1. The van der Waals surface area contributed by atoms with Crippen LogP contribution in [-0.4, -0.2) is 38.3 Å². The summed E-state index contributed by atoms with van der Waals surface area (Å²) >= 11 is 0. The minimum atomic E-state index is 0.00904. The van der Waals surface area contributed by atoms with Gasteiger partial charge in [0.15, 0.2) is 0 Å². The van der Waals surface area contributed by atoms with Crippen molar-refractivity contribution in [1.82, 2.24) is 10.6 Å². The van der Waals surface area contributed by atoms with E-state index in [1.165, 1.54) is 12.8 Å². The average Bonchev–Trinajstić information content (AvgIpc) is 2.37. The molecule has 0 aromatic heterocycles. The van der Waals surface area contributed by atoms with Gasteiger partial charge in [0.1, 0.15) is 0 Å². The second-order valence-corrected chi connectivity index (χ2v) is 5.25. The van der Waals surface area contributed by atoms with Crippen LogP contribution in [0.1, 0.15) is 46.0 Å². The first kappa shape index (κ1) is 15.4. The van der Waals surface area contributed by atoms with Crippen molar-refractivity contribution in [3.05, 3.63) is 0 Å². The van der Waals surface area contributed by atoms with E-state index in [1.807, 2.05) is 0 Å². The van der Waals surface area contributed by atoms with Gasteiger partial charge in [0, 0.05) is 19.8 Å². The molecule has 1 fully saturated rings. The molecule has 0 saturated carbocycles. The molecule has 2 N–H and O–H groups in total. The van der Waals surface area contributed by atoms with Crippen molar-refractivity contribution < 1.29 is 9.53 Å². The molecule has 4 heteroatoms. The summed E-state index contributed by atoms with van der Waals surface area (Å²) in [6.07, 6.45) is 5.32. The minimum absolute atomic E-state index is 0.00904. The molecule has 4 nitrogen and oxygen atoms in total. The van der Waals surface area contributed by atoms with Crippen LogP contribution >= 0.6 is 0 Å². The Morgan fingerprint density at radius 1 is 1.39 bits per heavy atom. The van der Waals surface area contributed by atoms with E-state index in [4.69, 9.17) is 4.74 Å². The van der Waals surface area contributed by atoms with Crippen LogP contribution in [0, 0.1) is 5.92 Å². The van der Waals surface area contributed by atoms with Crippen molar-refractivity contribution in [2.24, 2.45) is 5.92 Å². The third kappa shape index (κ3) is 6.36. The molecule has 2 atom stereocenters. The minimum Gasteiger partial charge on any atom is -0.381 e. The van der Waals surface area contributed by atoms with Crippen LogP contribution in [0.25, 0.3) is 0 Å². The highest BCUT2D eigenvalue weighted by molar-refractivity contribution is 5.81. The van der Waals surface area contributed by atoms with Gasteiger partial charge in [-0.15, -0.1) is 0 Å². The average molecular weight is 256 g/mol. The highest BCUT2D eigenvalue weighted by Crippen LogP contribution is 2.14. The van der Waals surface area contributed by atoms with E-state index in [9.17, 15) is 4.79 Å². The zero-order valence-corrected chi connectivity index (χ0v) is 11.8. The maximum atomic E-state index is 11.9. The highest BCUT2D eigenvalue weighted by atomic mass is 16.5. The molecule has 1 amide bonds. The second-order valence-electron chi connectivity index (χ2n) is 5.25. The summed E-state index contributed by atoms with van der Waals surface area (Å²) in [7, 11) is 0. The zero-order chi connectivity index (χ0) is 13.2. The zero-order valence-electron chi connectivity index (χ0n) is 11.8. The first-order chi connectivity index (χ1) is 8.74. The SMILES string of the molecule is CCCCOCCCNC(=O)C1CC(C)CCN1. The van der Waals surface area contributed by atoms with Gasteiger partial charge in [0.2, 0.25) is 5.91 Å². The molecule has 106 valence electrons. The van der Waals surface area contributed by atoms with E-state index >= 15 is 0 Å². The van der Waals surface area contributed by atoms with Crippen LogP contribution in [0.4, 0.5) is 0 Å². The van der Waals surface area contributed by atoms with Crippen molar-refractivity contribution >= 4 is 5.91 Å². The van der Waals surface area contributed by atoms with E-state index in [1.54, 1.807) is 0 Å². The molecule has 0 spiro atoms. The van der Waals surface area contributed by atoms with E-state index in [0.29, 0.717) is 5.92 Å². The first-order valence-corrected chi connectivity index (χ1v) is 7.33.